The van der Waals surface area contributed by atoms with E-state index in [-0.39, 0.29) is 5.97 Å². The highest BCUT2D eigenvalue weighted by Crippen LogP contribution is 2.22. The molecule has 2 nitrogen and oxygen atoms in total. The number of ether oxygens (including phenoxy) is 1. The molecule has 0 saturated heterocycles. The fourth-order valence-corrected chi connectivity index (χ4v) is 1.30. The molecule has 0 aliphatic rings. The quantitative estimate of drug-likeness (QED) is 0.686. The molecule has 0 amide bonds. The van der Waals surface area contributed by atoms with E-state index in [0.29, 0.717) is 5.92 Å². The number of rotatable bonds is 1. The van der Waals surface area contributed by atoms with Gasteiger partial charge in [-0.3, -0.25) is 4.79 Å². The number of carbonyl (C=O) groups is 1. The van der Waals surface area contributed by atoms with Crippen LogP contribution in [-0.2, 0) is 9.53 Å². The molecule has 0 saturated carbocycles. The number of benzene rings is 1. The third-order valence-corrected chi connectivity index (χ3v) is 2.16. The summed E-state index contributed by atoms with van der Waals surface area (Å²) in [6.07, 6.45) is 0. The summed E-state index contributed by atoms with van der Waals surface area (Å²) in [6, 6.07) is 7.96. The van der Waals surface area contributed by atoms with Gasteiger partial charge in [-0.15, -0.1) is 0 Å². The molecule has 0 atom stereocenters. The Bertz CT molecular complexity index is 308. The van der Waals surface area contributed by atoms with Crippen molar-refractivity contribution in [2.75, 3.05) is 7.11 Å². The van der Waals surface area contributed by atoms with Gasteiger partial charge in [0.25, 0.3) is 0 Å². The number of halogens is 1. The average Bonchev–Trinajstić information content (AvgIpc) is 2.19. The molecule has 3 heteroatoms. The lowest BCUT2D eigenvalue weighted by molar-refractivity contribution is -0.137. The maximum Gasteiger partial charge on any atom is 0.302 e. The van der Waals surface area contributed by atoms with Gasteiger partial charge in [0.2, 0.25) is 0 Å². The molecular weight excluding hydrogens is 212 g/mol. The Morgan fingerprint density at radius 2 is 1.80 bits per heavy atom. The topological polar surface area (TPSA) is 26.3 Å². The predicted molar refractivity (Wildman–Crippen MR) is 63.2 cm³/mol. The van der Waals surface area contributed by atoms with Crippen LogP contribution in [0.4, 0.5) is 0 Å². The normalized spacial score (nSPS) is 9.20. The molecule has 0 spiro atoms. The maximum atomic E-state index is 9.59. The van der Waals surface area contributed by atoms with E-state index in [4.69, 9.17) is 11.6 Å². The highest BCUT2D eigenvalue weighted by atomic mass is 35.5. The van der Waals surface area contributed by atoms with Crippen molar-refractivity contribution in [2.24, 2.45) is 0 Å². The summed E-state index contributed by atoms with van der Waals surface area (Å²) in [6.45, 7) is 5.64. The number of carbonyl (C=O) groups excluding carboxylic acids is 1. The molecule has 1 aromatic carbocycles. The first-order valence-corrected chi connectivity index (χ1v) is 5.15. The first-order valence-electron chi connectivity index (χ1n) is 4.78. The highest BCUT2D eigenvalue weighted by molar-refractivity contribution is 6.31. The van der Waals surface area contributed by atoms with Crippen LogP contribution in [-0.4, -0.2) is 13.1 Å². The SMILES string of the molecule is CC(C)c1ccccc1Cl.COC(C)=O. The van der Waals surface area contributed by atoms with E-state index in [1.165, 1.54) is 19.6 Å². The Morgan fingerprint density at radius 1 is 1.33 bits per heavy atom. The van der Waals surface area contributed by atoms with Gasteiger partial charge in [0.15, 0.2) is 0 Å². The summed E-state index contributed by atoms with van der Waals surface area (Å²) in [5, 5.41) is 0.873. The van der Waals surface area contributed by atoms with Crippen molar-refractivity contribution in [3.05, 3.63) is 34.9 Å². The van der Waals surface area contributed by atoms with Crippen molar-refractivity contribution in [1.82, 2.24) is 0 Å². The van der Waals surface area contributed by atoms with Gasteiger partial charge in [0, 0.05) is 11.9 Å². The minimum absolute atomic E-state index is 0.245. The Kier molecular flexibility index (Phi) is 6.80. The minimum Gasteiger partial charge on any atom is -0.469 e. The predicted octanol–water partition coefficient (Wildman–Crippen LogP) is 3.64. The number of methoxy groups -OCH3 is 1. The molecule has 84 valence electrons. The Morgan fingerprint density at radius 3 is 2.07 bits per heavy atom. The molecule has 15 heavy (non-hydrogen) atoms. The first kappa shape index (κ1) is 14.0. The van der Waals surface area contributed by atoms with Crippen LogP contribution in [0.15, 0.2) is 24.3 Å². The van der Waals surface area contributed by atoms with Gasteiger partial charge in [-0.25, -0.2) is 0 Å². The van der Waals surface area contributed by atoms with Crippen LogP contribution in [0, 0.1) is 0 Å². The Labute approximate surface area is 96.2 Å². The molecule has 0 N–H and O–H groups in total. The molecule has 0 aromatic heterocycles. The first-order chi connectivity index (χ1) is 6.99. The van der Waals surface area contributed by atoms with Gasteiger partial charge >= 0.3 is 5.97 Å². The van der Waals surface area contributed by atoms with Gasteiger partial charge in [0.05, 0.1) is 7.11 Å². The van der Waals surface area contributed by atoms with Crippen LogP contribution in [0.2, 0.25) is 5.02 Å². The van der Waals surface area contributed by atoms with Crippen molar-refractivity contribution in [2.45, 2.75) is 26.7 Å². The molecule has 0 fully saturated rings. The lowest BCUT2D eigenvalue weighted by Gasteiger charge is -2.05. The van der Waals surface area contributed by atoms with E-state index in [0.717, 1.165) is 5.02 Å². The molecule has 0 radical (unpaired) electrons. The molecule has 1 rings (SSSR count). The van der Waals surface area contributed by atoms with Crippen LogP contribution in [0.5, 0.6) is 0 Å². The van der Waals surface area contributed by atoms with Gasteiger partial charge in [-0.1, -0.05) is 43.6 Å². The molecule has 0 aliphatic carbocycles. The lowest BCUT2D eigenvalue weighted by Crippen LogP contribution is -1.88. The van der Waals surface area contributed by atoms with Crippen molar-refractivity contribution in [3.63, 3.8) is 0 Å². The summed E-state index contributed by atoms with van der Waals surface area (Å²) >= 11 is 5.92. The van der Waals surface area contributed by atoms with Crippen LogP contribution < -0.4 is 0 Å². The zero-order valence-electron chi connectivity index (χ0n) is 9.58. The second-order valence-electron chi connectivity index (χ2n) is 3.37. The zero-order chi connectivity index (χ0) is 11.8. The van der Waals surface area contributed by atoms with Crippen LogP contribution in [0.25, 0.3) is 0 Å². The highest BCUT2D eigenvalue weighted by Gasteiger charge is 2.01. The Hall–Kier alpha value is -1.02. The van der Waals surface area contributed by atoms with Crippen LogP contribution >= 0.6 is 11.6 Å². The van der Waals surface area contributed by atoms with E-state index < -0.39 is 0 Å². The van der Waals surface area contributed by atoms with Gasteiger partial charge in [-0.05, 0) is 17.5 Å². The van der Waals surface area contributed by atoms with Crippen molar-refractivity contribution >= 4 is 17.6 Å². The largest absolute Gasteiger partial charge is 0.469 e. The molecule has 0 aliphatic heterocycles. The minimum atomic E-state index is -0.245. The van der Waals surface area contributed by atoms with Crippen molar-refractivity contribution in [1.29, 1.82) is 0 Å². The summed E-state index contributed by atoms with van der Waals surface area (Å²) in [4.78, 5) is 9.59. The fourth-order valence-electron chi connectivity index (χ4n) is 0.943. The van der Waals surface area contributed by atoms with Crippen molar-refractivity contribution < 1.29 is 9.53 Å². The van der Waals surface area contributed by atoms with E-state index >= 15 is 0 Å². The lowest BCUT2D eigenvalue weighted by atomic mass is 10.0. The van der Waals surface area contributed by atoms with Crippen LogP contribution in [0.3, 0.4) is 0 Å². The van der Waals surface area contributed by atoms with Gasteiger partial charge in [0.1, 0.15) is 0 Å². The van der Waals surface area contributed by atoms with E-state index in [9.17, 15) is 4.79 Å². The number of hydrogen-bond acceptors (Lipinski definition) is 2. The van der Waals surface area contributed by atoms with E-state index in [1.54, 1.807) is 0 Å². The zero-order valence-corrected chi connectivity index (χ0v) is 10.3. The smallest absolute Gasteiger partial charge is 0.302 e. The summed E-state index contributed by atoms with van der Waals surface area (Å²) in [5.74, 6) is 0.277. The van der Waals surface area contributed by atoms with E-state index in [2.05, 4.69) is 24.7 Å². The fraction of sp³-hybridized carbons (Fsp3) is 0.417. The molecular formula is C12H17ClO2. The number of hydrogen-bond donors (Lipinski definition) is 0. The molecule has 0 unspecified atom stereocenters. The molecule has 1 aromatic rings. The summed E-state index contributed by atoms with van der Waals surface area (Å²) < 4.78 is 4.11. The third-order valence-electron chi connectivity index (χ3n) is 1.81. The second-order valence-corrected chi connectivity index (χ2v) is 3.78. The summed E-state index contributed by atoms with van der Waals surface area (Å²) in [5.41, 5.74) is 1.23. The average molecular weight is 229 g/mol. The summed E-state index contributed by atoms with van der Waals surface area (Å²) in [7, 11) is 1.35. The van der Waals surface area contributed by atoms with Gasteiger partial charge in [-0.2, -0.15) is 0 Å². The van der Waals surface area contributed by atoms with Crippen molar-refractivity contribution in [3.8, 4) is 0 Å². The Balaban J connectivity index is 0.000000336. The maximum absolute atomic E-state index is 9.59. The molecule has 0 bridgehead atoms. The monoisotopic (exact) mass is 228 g/mol. The number of esters is 1. The van der Waals surface area contributed by atoms with Crippen LogP contribution in [0.1, 0.15) is 32.3 Å². The standard InChI is InChI=1S/C9H11Cl.C3H6O2/c1-7(2)8-5-3-4-6-9(8)10;1-3(4)5-2/h3-7H,1-2H3;1-2H3. The van der Waals surface area contributed by atoms with E-state index in [1.807, 2.05) is 18.2 Å². The third kappa shape index (κ3) is 6.13. The second kappa shape index (κ2) is 7.30. The molecule has 0 heterocycles. The van der Waals surface area contributed by atoms with Gasteiger partial charge < -0.3 is 4.74 Å².